The van der Waals surface area contributed by atoms with Gasteiger partial charge in [-0.05, 0) is 39.5 Å². The number of rotatable bonds is 3. The van der Waals surface area contributed by atoms with E-state index in [1.165, 1.54) is 0 Å². The van der Waals surface area contributed by atoms with Gasteiger partial charge in [-0.1, -0.05) is 12.8 Å². The molecule has 2 amide bonds. The van der Waals surface area contributed by atoms with E-state index in [4.69, 9.17) is 5.11 Å². The summed E-state index contributed by atoms with van der Waals surface area (Å²) in [5.41, 5.74) is -0.644. The number of carboxylic acid groups (broad SMARTS) is 1. The van der Waals surface area contributed by atoms with Crippen molar-refractivity contribution in [3.05, 3.63) is 0 Å². The van der Waals surface area contributed by atoms with Gasteiger partial charge in [0.25, 0.3) is 0 Å². The summed E-state index contributed by atoms with van der Waals surface area (Å²) in [6, 6.07) is -0.0920. The van der Waals surface area contributed by atoms with Crippen LogP contribution in [0.2, 0.25) is 0 Å². The quantitative estimate of drug-likeness (QED) is 0.825. The summed E-state index contributed by atoms with van der Waals surface area (Å²) >= 11 is 0. The van der Waals surface area contributed by atoms with E-state index in [0.29, 0.717) is 0 Å². The molecule has 0 aromatic carbocycles. The van der Waals surface area contributed by atoms with Gasteiger partial charge in [0.05, 0.1) is 12.0 Å². The number of hydrogen-bond donors (Lipinski definition) is 2. The molecule has 2 fully saturated rings. The summed E-state index contributed by atoms with van der Waals surface area (Å²) in [6.45, 7) is 4.90. The van der Waals surface area contributed by atoms with Crippen molar-refractivity contribution in [1.82, 2.24) is 10.2 Å². The van der Waals surface area contributed by atoms with Crippen molar-refractivity contribution >= 4 is 12.0 Å². The van der Waals surface area contributed by atoms with Crippen LogP contribution < -0.4 is 5.32 Å². The van der Waals surface area contributed by atoms with Crippen LogP contribution in [0.3, 0.4) is 0 Å². The highest BCUT2D eigenvalue weighted by Gasteiger charge is 2.42. The zero-order valence-electron chi connectivity index (χ0n) is 11.9. The molecular weight excluding hydrogens is 244 g/mol. The van der Waals surface area contributed by atoms with Crippen LogP contribution in [0.1, 0.15) is 58.8 Å². The molecule has 0 unspecified atom stereocenters. The third kappa shape index (κ3) is 3.01. The number of carboxylic acids is 1. The molecule has 5 heteroatoms. The molecule has 0 spiro atoms. The van der Waals surface area contributed by atoms with Crippen molar-refractivity contribution < 1.29 is 14.7 Å². The largest absolute Gasteiger partial charge is 0.481 e. The molecule has 5 nitrogen and oxygen atoms in total. The Morgan fingerprint density at radius 1 is 1.16 bits per heavy atom. The molecule has 0 atom stereocenters. The number of urea groups is 1. The lowest BCUT2D eigenvalue weighted by Gasteiger charge is -2.36. The molecule has 0 radical (unpaired) electrons. The summed E-state index contributed by atoms with van der Waals surface area (Å²) in [6.07, 6.45) is 5.61. The van der Waals surface area contributed by atoms with Gasteiger partial charge < -0.3 is 15.3 Å². The highest BCUT2D eigenvalue weighted by Crippen LogP contribution is 2.34. The average molecular weight is 268 g/mol. The fourth-order valence-corrected chi connectivity index (χ4v) is 3.47. The van der Waals surface area contributed by atoms with Crippen LogP contribution in [0.4, 0.5) is 4.79 Å². The van der Waals surface area contributed by atoms with Crippen LogP contribution >= 0.6 is 0 Å². The monoisotopic (exact) mass is 268 g/mol. The molecule has 0 bridgehead atoms. The Labute approximate surface area is 114 Å². The zero-order valence-corrected chi connectivity index (χ0v) is 11.9. The second kappa shape index (κ2) is 5.02. The lowest BCUT2D eigenvalue weighted by molar-refractivity contribution is -0.138. The second-order valence-electron chi connectivity index (χ2n) is 6.56. The van der Waals surface area contributed by atoms with E-state index in [2.05, 4.69) is 19.2 Å². The van der Waals surface area contributed by atoms with Crippen molar-refractivity contribution in [2.75, 3.05) is 6.54 Å². The Morgan fingerprint density at radius 3 is 2.26 bits per heavy atom. The summed E-state index contributed by atoms with van der Waals surface area (Å²) in [4.78, 5) is 25.3. The summed E-state index contributed by atoms with van der Waals surface area (Å²) in [5.74, 6) is -0.831. The number of nitrogens with zero attached hydrogens (tertiary/aromatic N) is 1. The predicted molar refractivity (Wildman–Crippen MR) is 72.0 cm³/mol. The molecule has 0 aromatic heterocycles. The molecule has 0 aromatic rings. The van der Waals surface area contributed by atoms with E-state index in [-0.39, 0.29) is 18.0 Å². The van der Waals surface area contributed by atoms with Gasteiger partial charge in [-0.25, -0.2) is 4.79 Å². The molecule has 2 N–H and O–H groups in total. The molecule has 2 aliphatic rings. The molecular formula is C14H24N2O3. The summed E-state index contributed by atoms with van der Waals surface area (Å²) < 4.78 is 0. The van der Waals surface area contributed by atoms with Crippen molar-refractivity contribution in [2.45, 2.75) is 69.9 Å². The molecule has 1 saturated carbocycles. The lowest BCUT2D eigenvalue weighted by atomic mass is 9.93. The Balaban J connectivity index is 2.05. The number of carbonyl (C=O) groups excluding carboxylic acids is 1. The average Bonchev–Trinajstić information content (AvgIpc) is 2.84. The van der Waals surface area contributed by atoms with Crippen LogP contribution in [0.5, 0.6) is 0 Å². The molecule has 1 aliphatic carbocycles. The minimum absolute atomic E-state index is 0.0347. The first-order valence-electron chi connectivity index (χ1n) is 7.16. The summed E-state index contributed by atoms with van der Waals surface area (Å²) in [7, 11) is 0. The Kier molecular flexibility index (Phi) is 3.74. The van der Waals surface area contributed by atoms with Crippen LogP contribution in [-0.2, 0) is 4.79 Å². The van der Waals surface area contributed by atoms with Gasteiger partial charge in [-0.2, -0.15) is 0 Å². The highest BCUT2D eigenvalue weighted by atomic mass is 16.4. The smallest absolute Gasteiger partial charge is 0.318 e. The molecule has 108 valence electrons. The molecule has 1 heterocycles. The van der Waals surface area contributed by atoms with Gasteiger partial charge >= 0.3 is 12.0 Å². The first kappa shape index (κ1) is 14.2. The first-order chi connectivity index (χ1) is 8.85. The van der Waals surface area contributed by atoms with Crippen LogP contribution in [0, 0.1) is 0 Å². The second-order valence-corrected chi connectivity index (χ2v) is 6.56. The summed E-state index contributed by atoms with van der Waals surface area (Å²) in [5, 5.41) is 12.1. The molecule has 1 aliphatic heterocycles. The van der Waals surface area contributed by atoms with Crippen LogP contribution in [0.25, 0.3) is 0 Å². The third-order valence-electron chi connectivity index (χ3n) is 4.57. The standard InChI is InChI=1S/C14H24N2O3/c1-13(2)6-5-9-16(13)12(19)15-14(10-11(17)18)7-3-4-8-14/h3-10H2,1-2H3,(H,15,19)(H,17,18). The van der Waals surface area contributed by atoms with E-state index < -0.39 is 11.5 Å². The van der Waals surface area contributed by atoms with Gasteiger partial charge in [0, 0.05) is 12.1 Å². The topological polar surface area (TPSA) is 69.6 Å². The zero-order chi connectivity index (χ0) is 14.1. The molecule has 1 saturated heterocycles. The normalized spacial score (nSPS) is 24.4. The maximum atomic E-state index is 12.4. The fourth-order valence-electron chi connectivity index (χ4n) is 3.47. The van der Waals surface area contributed by atoms with Gasteiger partial charge in [-0.3, -0.25) is 4.79 Å². The molecule has 19 heavy (non-hydrogen) atoms. The van der Waals surface area contributed by atoms with E-state index in [1.54, 1.807) is 0 Å². The van der Waals surface area contributed by atoms with Crippen molar-refractivity contribution in [3.8, 4) is 0 Å². The van der Waals surface area contributed by atoms with E-state index in [0.717, 1.165) is 45.1 Å². The SMILES string of the molecule is CC1(C)CCCN1C(=O)NC1(CC(=O)O)CCCC1. The number of likely N-dealkylation sites (tertiary alicyclic amines) is 1. The van der Waals surface area contributed by atoms with E-state index >= 15 is 0 Å². The van der Waals surface area contributed by atoms with Gasteiger partial charge in [-0.15, -0.1) is 0 Å². The number of nitrogens with one attached hydrogen (secondary N) is 1. The van der Waals surface area contributed by atoms with Crippen molar-refractivity contribution in [1.29, 1.82) is 0 Å². The first-order valence-corrected chi connectivity index (χ1v) is 7.16. The van der Waals surface area contributed by atoms with Gasteiger partial charge in [0.2, 0.25) is 0 Å². The lowest BCUT2D eigenvalue weighted by Crippen LogP contribution is -2.56. The number of aliphatic carboxylic acids is 1. The molecule has 2 rings (SSSR count). The third-order valence-corrected chi connectivity index (χ3v) is 4.57. The maximum absolute atomic E-state index is 12.4. The number of hydrogen-bond acceptors (Lipinski definition) is 2. The Bertz CT molecular complexity index is 373. The van der Waals surface area contributed by atoms with Gasteiger partial charge in [0.1, 0.15) is 0 Å². The van der Waals surface area contributed by atoms with Crippen molar-refractivity contribution in [2.24, 2.45) is 0 Å². The van der Waals surface area contributed by atoms with E-state index in [9.17, 15) is 9.59 Å². The predicted octanol–water partition coefficient (Wildman–Crippen LogP) is 2.36. The van der Waals surface area contributed by atoms with Crippen LogP contribution in [0.15, 0.2) is 0 Å². The van der Waals surface area contributed by atoms with Crippen LogP contribution in [-0.4, -0.2) is 39.6 Å². The Hall–Kier alpha value is -1.26. The van der Waals surface area contributed by atoms with Crippen molar-refractivity contribution in [3.63, 3.8) is 0 Å². The van der Waals surface area contributed by atoms with Gasteiger partial charge in [0.15, 0.2) is 0 Å². The minimum Gasteiger partial charge on any atom is -0.481 e. The number of amides is 2. The fraction of sp³-hybridized carbons (Fsp3) is 0.857. The maximum Gasteiger partial charge on any atom is 0.318 e. The Morgan fingerprint density at radius 2 is 1.79 bits per heavy atom. The highest BCUT2D eigenvalue weighted by molar-refractivity contribution is 5.78. The van der Waals surface area contributed by atoms with E-state index in [1.807, 2.05) is 4.90 Å². The number of carbonyl (C=O) groups is 2. The minimum atomic E-state index is -0.831.